The third-order valence-electron chi connectivity index (χ3n) is 4.72. The van der Waals surface area contributed by atoms with Gasteiger partial charge in [0.25, 0.3) is 0 Å². The SMILES string of the molecule is COC1CC(Nc2ncc3c(-c4ccc5nccn5n4)c[nH]c3n2)C1. The highest BCUT2D eigenvalue weighted by Crippen LogP contribution is 2.28. The van der Waals surface area contributed by atoms with Crippen LogP contribution in [0.3, 0.4) is 0 Å². The molecular weight excluding hydrogens is 318 g/mol. The average molecular weight is 335 g/mol. The largest absolute Gasteiger partial charge is 0.381 e. The fourth-order valence-electron chi connectivity index (χ4n) is 3.21. The molecule has 0 aliphatic heterocycles. The molecule has 4 aromatic heterocycles. The van der Waals surface area contributed by atoms with Crippen LogP contribution in [-0.2, 0) is 4.74 Å². The normalized spacial score (nSPS) is 20.0. The van der Waals surface area contributed by atoms with E-state index in [0.717, 1.165) is 40.8 Å². The number of aromatic nitrogens is 6. The molecule has 4 heterocycles. The molecule has 2 N–H and O–H groups in total. The van der Waals surface area contributed by atoms with E-state index in [1.54, 1.807) is 17.8 Å². The standard InChI is InChI=1S/C17H17N7O/c1-25-11-6-10(7-11)21-17-20-9-13-12(8-19-16(13)22-17)14-2-3-15-18-4-5-24(15)23-14/h2-5,8-11H,6-7H2,1H3,(H2,19,20,21,22). The van der Waals surface area contributed by atoms with E-state index >= 15 is 0 Å². The van der Waals surface area contributed by atoms with Gasteiger partial charge in [0.15, 0.2) is 5.65 Å². The first-order valence-corrected chi connectivity index (χ1v) is 8.24. The van der Waals surface area contributed by atoms with Gasteiger partial charge in [-0.15, -0.1) is 0 Å². The lowest BCUT2D eigenvalue weighted by atomic mass is 9.89. The number of ether oxygens (including phenoxy) is 1. The van der Waals surface area contributed by atoms with Crippen LogP contribution in [0.25, 0.3) is 27.9 Å². The highest BCUT2D eigenvalue weighted by atomic mass is 16.5. The number of fused-ring (bicyclic) bond motifs is 2. The molecule has 0 atom stereocenters. The molecular formula is C17H17N7O. The van der Waals surface area contributed by atoms with Crippen LogP contribution in [-0.4, -0.2) is 48.8 Å². The van der Waals surface area contributed by atoms with Crippen molar-refractivity contribution in [2.75, 3.05) is 12.4 Å². The molecule has 1 aliphatic carbocycles. The number of rotatable bonds is 4. The van der Waals surface area contributed by atoms with E-state index in [0.29, 0.717) is 18.1 Å². The third kappa shape index (κ3) is 2.42. The van der Waals surface area contributed by atoms with E-state index in [9.17, 15) is 0 Å². The summed E-state index contributed by atoms with van der Waals surface area (Å²) in [7, 11) is 1.75. The molecule has 0 aromatic carbocycles. The first kappa shape index (κ1) is 14.4. The molecule has 0 bridgehead atoms. The Bertz CT molecular complexity index is 1050. The second-order valence-electron chi connectivity index (χ2n) is 6.28. The monoisotopic (exact) mass is 335 g/mol. The van der Waals surface area contributed by atoms with Gasteiger partial charge in [0.05, 0.1) is 11.8 Å². The summed E-state index contributed by atoms with van der Waals surface area (Å²) in [4.78, 5) is 16.5. The van der Waals surface area contributed by atoms with E-state index in [1.165, 1.54) is 0 Å². The smallest absolute Gasteiger partial charge is 0.224 e. The summed E-state index contributed by atoms with van der Waals surface area (Å²) in [5.41, 5.74) is 3.44. The predicted molar refractivity (Wildman–Crippen MR) is 93.3 cm³/mol. The quantitative estimate of drug-likeness (QED) is 0.594. The van der Waals surface area contributed by atoms with Gasteiger partial charge < -0.3 is 15.0 Å². The summed E-state index contributed by atoms with van der Waals surface area (Å²) in [6.07, 6.45) is 9.64. The van der Waals surface area contributed by atoms with Gasteiger partial charge in [0.1, 0.15) is 5.65 Å². The fourth-order valence-corrected chi connectivity index (χ4v) is 3.21. The minimum Gasteiger partial charge on any atom is -0.381 e. The topological polar surface area (TPSA) is 93.0 Å². The molecule has 0 unspecified atom stereocenters. The fraction of sp³-hybridized carbons (Fsp3) is 0.294. The number of aromatic amines is 1. The van der Waals surface area contributed by atoms with Gasteiger partial charge in [-0.3, -0.25) is 0 Å². The van der Waals surface area contributed by atoms with Gasteiger partial charge in [-0.05, 0) is 25.0 Å². The van der Waals surface area contributed by atoms with Crippen molar-refractivity contribution >= 4 is 22.6 Å². The molecule has 8 heteroatoms. The van der Waals surface area contributed by atoms with Gasteiger partial charge in [-0.25, -0.2) is 14.5 Å². The van der Waals surface area contributed by atoms with E-state index in [1.807, 2.05) is 30.7 Å². The maximum Gasteiger partial charge on any atom is 0.224 e. The Labute approximate surface area is 143 Å². The number of nitrogens with one attached hydrogen (secondary N) is 2. The minimum absolute atomic E-state index is 0.350. The summed E-state index contributed by atoms with van der Waals surface area (Å²) in [5, 5.41) is 8.89. The van der Waals surface area contributed by atoms with Crippen LogP contribution in [0.15, 0.2) is 36.9 Å². The van der Waals surface area contributed by atoms with E-state index in [2.05, 4.69) is 30.4 Å². The van der Waals surface area contributed by atoms with Crippen molar-refractivity contribution < 1.29 is 4.74 Å². The lowest BCUT2D eigenvalue weighted by Crippen LogP contribution is -2.40. The van der Waals surface area contributed by atoms with Gasteiger partial charge >= 0.3 is 0 Å². The summed E-state index contributed by atoms with van der Waals surface area (Å²) in [6, 6.07) is 4.28. The van der Waals surface area contributed by atoms with Gasteiger partial charge in [0, 0.05) is 48.9 Å². The van der Waals surface area contributed by atoms with Crippen molar-refractivity contribution in [3.8, 4) is 11.3 Å². The molecule has 1 saturated carbocycles. The van der Waals surface area contributed by atoms with Crippen molar-refractivity contribution in [3.05, 3.63) is 36.9 Å². The Kier molecular flexibility index (Phi) is 3.17. The second kappa shape index (κ2) is 5.52. The Morgan fingerprint density at radius 1 is 1.28 bits per heavy atom. The summed E-state index contributed by atoms with van der Waals surface area (Å²) < 4.78 is 7.06. The molecule has 8 nitrogen and oxygen atoms in total. The lowest BCUT2D eigenvalue weighted by molar-refractivity contribution is 0.0327. The number of nitrogens with zero attached hydrogens (tertiary/aromatic N) is 5. The molecule has 1 aliphatic rings. The molecule has 0 saturated heterocycles. The number of imidazole rings is 1. The predicted octanol–water partition coefficient (Wildman–Crippen LogP) is 2.26. The number of anilines is 1. The molecule has 4 aromatic rings. The summed E-state index contributed by atoms with van der Waals surface area (Å²) in [5.74, 6) is 0.637. The number of hydrogen-bond donors (Lipinski definition) is 2. The highest BCUT2D eigenvalue weighted by Gasteiger charge is 2.29. The van der Waals surface area contributed by atoms with Gasteiger partial charge in [-0.2, -0.15) is 10.1 Å². The van der Waals surface area contributed by atoms with Gasteiger partial charge in [-0.1, -0.05) is 0 Å². The Balaban J connectivity index is 1.45. The molecule has 0 radical (unpaired) electrons. The van der Waals surface area contributed by atoms with E-state index in [4.69, 9.17) is 4.74 Å². The number of hydrogen-bond acceptors (Lipinski definition) is 6. The second-order valence-corrected chi connectivity index (χ2v) is 6.28. The maximum absolute atomic E-state index is 5.30. The van der Waals surface area contributed by atoms with Crippen molar-refractivity contribution in [1.82, 2.24) is 29.5 Å². The van der Waals surface area contributed by atoms with Crippen molar-refractivity contribution in [2.45, 2.75) is 25.0 Å². The molecule has 0 spiro atoms. The minimum atomic E-state index is 0.350. The highest BCUT2D eigenvalue weighted by molar-refractivity contribution is 5.92. The first-order valence-electron chi connectivity index (χ1n) is 8.24. The van der Waals surface area contributed by atoms with Crippen LogP contribution >= 0.6 is 0 Å². The molecule has 25 heavy (non-hydrogen) atoms. The first-order chi connectivity index (χ1) is 12.3. The summed E-state index contributed by atoms with van der Waals surface area (Å²) in [6.45, 7) is 0. The number of H-pyrrole nitrogens is 1. The van der Waals surface area contributed by atoms with Crippen LogP contribution in [0, 0.1) is 0 Å². The van der Waals surface area contributed by atoms with Crippen LogP contribution < -0.4 is 5.32 Å². The van der Waals surface area contributed by atoms with Crippen LogP contribution in [0.4, 0.5) is 5.95 Å². The Morgan fingerprint density at radius 3 is 3.08 bits per heavy atom. The van der Waals surface area contributed by atoms with Crippen molar-refractivity contribution in [3.63, 3.8) is 0 Å². The zero-order valence-electron chi connectivity index (χ0n) is 13.7. The molecule has 1 fully saturated rings. The van der Waals surface area contributed by atoms with Crippen LogP contribution in [0.2, 0.25) is 0 Å². The van der Waals surface area contributed by atoms with E-state index < -0.39 is 0 Å². The van der Waals surface area contributed by atoms with Crippen LogP contribution in [0.1, 0.15) is 12.8 Å². The third-order valence-corrected chi connectivity index (χ3v) is 4.72. The molecule has 126 valence electrons. The zero-order valence-corrected chi connectivity index (χ0v) is 13.7. The zero-order chi connectivity index (χ0) is 16.8. The summed E-state index contributed by atoms with van der Waals surface area (Å²) >= 11 is 0. The Morgan fingerprint density at radius 2 is 2.20 bits per heavy atom. The molecule has 0 amide bonds. The van der Waals surface area contributed by atoms with Crippen molar-refractivity contribution in [1.29, 1.82) is 0 Å². The van der Waals surface area contributed by atoms with Crippen molar-refractivity contribution in [2.24, 2.45) is 0 Å². The maximum atomic E-state index is 5.30. The number of methoxy groups -OCH3 is 1. The van der Waals surface area contributed by atoms with E-state index in [-0.39, 0.29) is 0 Å². The van der Waals surface area contributed by atoms with Crippen LogP contribution in [0.5, 0.6) is 0 Å². The molecule has 5 rings (SSSR count). The van der Waals surface area contributed by atoms with Gasteiger partial charge in [0.2, 0.25) is 5.95 Å². The Hall–Kier alpha value is -3.00. The average Bonchev–Trinajstić information content (AvgIpc) is 3.23. The lowest BCUT2D eigenvalue weighted by Gasteiger charge is -2.34.